The van der Waals surface area contributed by atoms with E-state index in [9.17, 15) is 9.59 Å². The lowest BCUT2D eigenvalue weighted by Gasteiger charge is -2.29. The van der Waals surface area contributed by atoms with Crippen LogP contribution in [0.5, 0.6) is 0 Å². The number of carbonyl (C=O) groups is 2. The third-order valence-corrected chi connectivity index (χ3v) is 4.75. The summed E-state index contributed by atoms with van der Waals surface area (Å²) in [4.78, 5) is 28.7. The van der Waals surface area contributed by atoms with E-state index in [1.807, 2.05) is 0 Å². The van der Waals surface area contributed by atoms with Gasteiger partial charge >= 0.3 is 5.97 Å². The molecule has 0 radical (unpaired) electrons. The maximum atomic E-state index is 12.4. The lowest BCUT2D eigenvalue weighted by molar-refractivity contribution is -0.184. The summed E-state index contributed by atoms with van der Waals surface area (Å²) in [6, 6.07) is 0. The minimum absolute atomic E-state index is 0.0261. The molecule has 5 heteroatoms. The number of hydrogen-bond donors (Lipinski definition) is 1. The summed E-state index contributed by atoms with van der Waals surface area (Å²) >= 11 is 0. The Kier molecular flexibility index (Phi) is 5.40. The fourth-order valence-corrected chi connectivity index (χ4v) is 3.49. The SMILES string of the molecule is CON(CC1CCCCC1)C(=O)[C@@H]1CC[C@H](C(=O)O)C1. The van der Waals surface area contributed by atoms with E-state index >= 15 is 0 Å². The second-order valence-corrected chi connectivity index (χ2v) is 6.13. The molecule has 0 aromatic heterocycles. The van der Waals surface area contributed by atoms with E-state index in [4.69, 9.17) is 9.94 Å². The van der Waals surface area contributed by atoms with Crippen molar-refractivity contribution < 1.29 is 19.5 Å². The number of nitrogens with zero attached hydrogens (tertiary/aromatic N) is 1. The zero-order valence-electron chi connectivity index (χ0n) is 12.2. The molecule has 5 nitrogen and oxygen atoms in total. The highest BCUT2D eigenvalue weighted by molar-refractivity contribution is 5.80. The Bertz CT molecular complexity index is 352. The molecule has 0 aliphatic heterocycles. The van der Waals surface area contributed by atoms with E-state index in [0.717, 1.165) is 12.8 Å². The van der Waals surface area contributed by atoms with Gasteiger partial charge < -0.3 is 5.11 Å². The van der Waals surface area contributed by atoms with Crippen molar-refractivity contribution >= 4 is 11.9 Å². The molecule has 0 aromatic carbocycles. The van der Waals surface area contributed by atoms with Crippen LogP contribution >= 0.6 is 0 Å². The molecule has 0 bridgehead atoms. The van der Waals surface area contributed by atoms with E-state index in [-0.39, 0.29) is 17.7 Å². The fourth-order valence-electron chi connectivity index (χ4n) is 3.49. The van der Waals surface area contributed by atoms with Crippen LogP contribution in [-0.4, -0.2) is 35.7 Å². The fraction of sp³-hybridized carbons (Fsp3) is 0.867. The maximum absolute atomic E-state index is 12.4. The Labute approximate surface area is 120 Å². The van der Waals surface area contributed by atoms with Crippen molar-refractivity contribution in [2.45, 2.75) is 51.4 Å². The first-order chi connectivity index (χ1) is 9.61. The van der Waals surface area contributed by atoms with Gasteiger partial charge in [-0.15, -0.1) is 0 Å². The standard InChI is InChI=1S/C15H25NO4/c1-20-16(10-11-5-3-2-4-6-11)14(17)12-7-8-13(9-12)15(18)19/h11-13H,2-10H2,1H3,(H,18,19)/t12-,13+/m1/s1. The highest BCUT2D eigenvalue weighted by Gasteiger charge is 2.36. The second-order valence-electron chi connectivity index (χ2n) is 6.13. The summed E-state index contributed by atoms with van der Waals surface area (Å²) < 4.78 is 0. The molecule has 20 heavy (non-hydrogen) atoms. The lowest BCUT2D eigenvalue weighted by atomic mass is 9.89. The molecule has 2 rings (SSSR count). The average molecular weight is 283 g/mol. The number of rotatable bonds is 5. The first kappa shape index (κ1) is 15.3. The third-order valence-electron chi connectivity index (χ3n) is 4.75. The van der Waals surface area contributed by atoms with Crippen molar-refractivity contribution in [3.05, 3.63) is 0 Å². The van der Waals surface area contributed by atoms with Crippen LogP contribution in [0.15, 0.2) is 0 Å². The van der Waals surface area contributed by atoms with E-state index in [1.54, 1.807) is 0 Å². The molecule has 0 spiro atoms. The molecule has 2 atom stereocenters. The topological polar surface area (TPSA) is 66.8 Å². The van der Waals surface area contributed by atoms with Crippen molar-refractivity contribution in [2.24, 2.45) is 17.8 Å². The Morgan fingerprint density at radius 3 is 2.30 bits per heavy atom. The van der Waals surface area contributed by atoms with Gasteiger partial charge in [0, 0.05) is 5.92 Å². The van der Waals surface area contributed by atoms with Crippen LogP contribution in [0.2, 0.25) is 0 Å². The van der Waals surface area contributed by atoms with Crippen LogP contribution in [0.25, 0.3) is 0 Å². The molecule has 2 fully saturated rings. The molecule has 2 aliphatic carbocycles. The van der Waals surface area contributed by atoms with Crippen molar-refractivity contribution in [1.82, 2.24) is 5.06 Å². The van der Waals surface area contributed by atoms with Crippen LogP contribution in [0, 0.1) is 17.8 Å². The molecule has 0 unspecified atom stereocenters. The Morgan fingerprint density at radius 1 is 1.10 bits per heavy atom. The zero-order valence-corrected chi connectivity index (χ0v) is 12.2. The third kappa shape index (κ3) is 3.72. The van der Waals surface area contributed by atoms with Gasteiger partial charge in [0.25, 0.3) is 0 Å². The molecule has 1 N–H and O–H groups in total. The first-order valence-corrected chi connectivity index (χ1v) is 7.70. The van der Waals surface area contributed by atoms with Gasteiger partial charge in [-0.1, -0.05) is 19.3 Å². The first-order valence-electron chi connectivity index (χ1n) is 7.70. The van der Waals surface area contributed by atoms with Crippen molar-refractivity contribution in [1.29, 1.82) is 0 Å². The van der Waals surface area contributed by atoms with Crippen molar-refractivity contribution in [2.75, 3.05) is 13.7 Å². The molecule has 0 aromatic rings. The summed E-state index contributed by atoms with van der Waals surface area (Å²) in [5.41, 5.74) is 0. The molecule has 0 heterocycles. The van der Waals surface area contributed by atoms with Crippen molar-refractivity contribution in [3.63, 3.8) is 0 Å². The number of carboxylic acid groups (broad SMARTS) is 1. The van der Waals surface area contributed by atoms with E-state index in [1.165, 1.54) is 31.4 Å². The summed E-state index contributed by atoms with van der Waals surface area (Å²) in [7, 11) is 1.53. The minimum Gasteiger partial charge on any atom is -0.481 e. The minimum atomic E-state index is -0.781. The monoisotopic (exact) mass is 283 g/mol. The van der Waals surface area contributed by atoms with Crippen LogP contribution in [-0.2, 0) is 14.4 Å². The molecule has 114 valence electrons. The van der Waals surface area contributed by atoms with Crippen LogP contribution in [0.4, 0.5) is 0 Å². The number of amides is 1. The van der Waals surface area contributed by atoms with Gasteiger partial charge in [-0.25, -0.2) is 5.06 Å². The average Bonchev–Trinajstić information content (AvgIpc) is 2.95. The van der Waals surface area contributed by atoms with Gasteiger partial charge in [0.2, 0.25) is 5.91 Å². The summed E-state index contributed by atoms with van der Waals surface area (Å²) in [5.74, 6) is -0.820. The number of hydrogen-bond acceptors (Lipinski definition) is 3. The number of carboxylic acids is 1. The van der Waals surface area contributed by atoms with E-state index < -0.39 is 5.97 Å². The molecule has 0 saturated heterocycles. The van der Waals surface area contributed by atoms with Crippen LogP contribution in [0.1, 0.15) is 51.4 Å². The Morgan fingerprint density at radius 2 is 1.75 bits per heavy atom. The molecule has 2 saturated carbocycles. The number of carbonyl (C=O) groups excluding carboxylic acids is 1. The molecule has 2 aliphatic rings. The summed E-state index contributed by atoms with van der Waals surface area (Å²) in [6.45, 7) is 0.656. The highest BCUT2D eigenvalue weighted by atomic mass is 16.7. The van der Waals surface area contributed by atoms with Gasteiger partial charge in [-0.2, -0.15) is 0 Å². The molecular weight excluding hydrogens is 258 g/mol. The quantitative estimate of drug-likeness (QED) is 0.787. The Hall–Kier alpha value is -1.10. The highest BCUT2D eigenvalue weighted by Crippen LogP contribution is 2.33. The van der Waals surface area contributed by atoms with Gasteiger partial charge in [-0.05, 0) is 38.0 Å². The largest absolute Gasteiger partial charge is 0.481 e. The smallest absolute Gasteiger partial charge is 0.306 e. The van der Waals surface area contributed by atoms with Gasteiger partial charge in [0.15, 0.2) is 0 Å². The van der Waals surface area contributed by atoms with Gasteiger partial charge in [-0.3, -0.25) is 14.4 Å². The van der Waals surface area contributed by atoms with Gasteiger partial charge in [0.05, 0.1) is 19.6 Å². The van der Waals surface area contributed by atoms with Gasteiger partial charge in [0.1, 0.15) is 0 Å². The van der Waals surface area contributed by atoms with Crippen molar-refractivity contribution in [3.8, 4) is 0 Å². The van der Waals surface area contributed by atoms with E-state index in [0.29, 0.717) is 31.7 Å². The lowest BCUT2D eigenvalue weighted by Crippen LogP contribution is -2.38. The second kappa shape index (κ2) is 7.07. The molecular formula is C15H25NO4. The normalized spacial score (nSPS) is 27.4. The predicted octanol–water partition coefficient (Wildman–Crippen LogP) is 2.46. The number of aliphatic carboxylic acids is 1. The predicted molar refractivity (Wildman–Crippen MR) is 73.8 cm³/mol. The number of hydroxylamine groups is 2. The van der Waals surface area contributed by atoms with E-state index in [2.05, 4.69) is 0 Å². The van der Waals surface area contributed by atoms with Crippen LogP contribution < -0.4 is 0 Å². The van der Waals surface area contributed by atoms with Crippen LogP contribution in [0.3, 0.4) is 0 Å². The summed E-state index contributed by atoms with van der Waals surface area (Å²) in [5, 5.41) is 10.5. The molecule has 1 amide bonds. The Balaban J connectivity index is 1.87. The maximum Gasteiger partial charge on any atom is 0.306 e. The summed E-state index contributed by atoms with van der Waals surface area (Å²) in [6.07, 6.45) is 7.82. The zero-order chi connectivity index (χ0) is 14.5.